The van der Waals surface area contributed by atoms with Crippen LogP contribution >= 0.6 is 0 Å². The number of hydrogen-bond acceptors (Lipinski definition) is 4. The fraction of sp³-hybridized carbons (Fsp3) is 0. The number of benzene rings is 1. The molecule has 0 saturated heterocycles. The van der Waals surface area contributed by atoms with Crippen molar-refractivity contribution >= 4 is 15.5 Å². The molecule has 0 saturated carbocycles. The molecule has 1 aromatic rings. The van der Waals surface area contributed by atoms with E-state index in [4.69, 9.17) is 11.5 Å². The predicted molar refractivity (Wildman–Crippen MR) is 71.0 cm³/mol. The van der Waals surface area contributed by atoms with Crippen LogP contribution in [-0.4, -0.2) is 8.42 Å². The highest BCUT2D eigenvalue weighted by Gasteiger charge is 2.19. The second-order valence-corrected chi connectivity index (χ2v) is 5.72. The average molecular weight is 260 g/mol. The minimum Gasteiger partial charge on any atom is -0.399 e. The highest BCUT2D eigenvalue weighted by molar-refractivity contribution is 7.95. The fourth-order valence-electron chi connectivity index (χ4n) is 1.51. The lowest BCUT2D eigenvalue weighted by molar-refractivity contribution is 0.603. The van der Waals surface area contributed by atoms with Gasteiger partial charge in [0.05, 0.1) is 9.80 Å². The Morgan fingerprint density at radius 1 is 1.17 bits per heavy atom. The zero-order valence-electron chi connectivity index (χ0n) is 9.50. The van der Waals surface area contributed by atoms with E-state index in [0.29, 0.717) is 11.4 Å². The number of anilines is 1. The van der Waals surface area contributed by atoms with Gasteiger partial charge >= 0.3 is 0 Å². The van der Waals surface area contributed by atoms with Crippen molar-refractivity contribution in [2.24, 2.45) is 5.73 Å². The summed E-state index contributed by atoms with van der Waals surface area (Å²) < 4.78 is 24.7. The van der Waals surface area contributed by atoms with Crippen LogP contribution in [0.4, 0.5) is 5.69 Å². The second-order valence-electron chi connectivity index (χ2n) is 3.77. The molecule has 0 bridgehead atoms. The van der Waals surface area contributed by atoms with E-state index in [2.05, 4.69) is 5.73 Å². The third-order valence-electron chi connectivity index (χ3n) is 2.38. The van der Waals surface area contributed by atoms with E-state index in [1.54, 1.807) is 12.1 Å². The van der Waals surface area contributed by atoms with Crippen LogP contribution in [0.1, 0.15) is 0 Å². The Bertz CT molecular complexity index is 706. The molecule has 1 aliphatic carbocycles. The molecular weight excluding hydrogens is 248 g/mol. The van der Waals surface area contributed by atoms with Crippen molar-refractivity contribution < 1.29 is 8.42 Å². The summed E-state index contributed by atoms with van der Waals surface area (Å²) in [4.78, 5) is 0.264. The monoisotopic (exact) mass is 260 g/mol. The van der Waals surface area contributed by atoms with Crippen molar-refractivity contribution in [2.75, 3.05) is 5.73 Å². The first kappa shape index (κ1) is 12.2. The van der Waals surface area contributed by atoms with Crippen LogP contribution in [0.5, 0.6) is 0 Å². The van der Waals surface area contributed by atoms with Gasteiger partial charge in [-0.15, -0.1) is 5.73 Å². The summed E-state index contributed by atoms with van der Waals surface area (Å²) in [5.41, 5.74) is 14.7. The van der Waals surface area contributed by atoms with Crippen LogP contribution in [0.15, 0.2) is 69.8 Å². The van der Waals surface area contributed by atoms with Gasteiger partial charge in [-0.05, 0) is 36.4 Å². The second kappa shape index (κ2) is 4.56. The molecule has 18 heavy (non-hydrogen) atoms. The molecule has 0 amide bonds. The Kier molecular flexibility index (Phi) is 3.10. The lowest BCUT2D eigenvalue weighted by Gasteiger charge is -2.06. The van der Waals surface area contributed by atoms with Gasteiger partial charge in [0.25, 0.3) is 0 Å². The Morgan fingerprint density at radius 2 is 1.94 bits per heavy atom. The number of nitrogen functional groups attached to an aromatic ring is 1. The van der Waals surface area contributed by atoms with Crippen molar-refractivity contribution in [3.05, 3.63) is 64.9 Å². The van der Waals surface area contributed by atoms with Gasteiger partial charge in [-0.2, -0.15) is 0 Å². The Morgan fingerprint density at radius 3 is 2.67 bits per heavy atom. The van der Waals surface area contributed by atoms with E-state index in [9.17, 15) is 8.42 Å². The summed E-state index contributed by atoms with van der Waals surface area (Å²) in [6.07, 6.45) is 5.87. The summed E-state index contributed by atoms with van der Waals surface area (Å²) in [7, 11) is -3.61. The van der Waals surface area contributed by atoms with Gasteiger partial charge in [-0.25, -0.2) is 8.42 Å². The molecule has 0 aromatic heterocycles. The fourth-order valence-corrected chi connectivity index (χ4v) is 2.87. The molecular formula is C13H12N2O2S. The Labute approximate surface area is 106 Å². The maximum absolute atomic E-state index is 12.4. The van der Waals surface area contributed by atoms with Crippen LogP contribution in [-0.2, 0) is 9.84 Å². The number of sulfone groups is 1. The van der Waals surface area contributed by atoms with E-state index in [1.807, 2.05) is 0 Å². The molecule has 0 radical (unpaired) electrons. The highest BCUT2D eigenvalue weighted by Crippen LogP contribution is 2.23. The largest absolute Gasteiger partial charge is 0.399 e. The van der Waals surface area contributed by atoms with Gasteiger partial charge in [0.2, 0.25) is 9.84 Å². The molecule has 1 aromatic carbocycles. The Balaban J connectivity index is 2.54. The Hall–Kier alpha value is -2.23. The molecule has 0 spiro atoms. The van der Waals surface area contributed by atoms with Gasteiger partial charge in [0, 0.05) is 17.5 Å². The topological polar surface area (TPSA) is 86.2 Å². The van der Waals surface area contributed by atoms with E-state index >= 15 is 0 Å². The molecule has 4 N–H and O–H groups in total. The van der Waals surface area contributed by atoms with Crippen LogP contribution in [0.25, 0.3) is 0 Å². The van der Waals surface area contributed by atoms with E-state index < -0.39 is 9.84 Å². The van der Waals surface area contributed by atoms with Crippen LogP contribution in [0, 0.1) is 0 Å². The zero-order valence-corrected chi connectivity index (χ0v) is 10.3. The molecule has 0 atom stereocenters. The first-order chi connectivity index (χ1) is 8.50. The first-order valence-electron chi connectivity index (χ1n) is 5.21. The standard InChI is InChI=1S/C13H12N2O2S/c14-10-4-1-2-6-12(8-10)18(16,17)13-7-3-5-11(15)9-13/h2-9H,14-15H2. The van der Waals surface area contributed by atoms with Crippen molar-refractivity contribution in [3.63, 3.8) is 0 Å². The maximum atomic E-state index is 12.4. The minimum absolute atomic E-state index is 0.117. The van der Waals surface area contributed by atoms with Crippen LogP contribution < -0.4 is 11.5 Å². The maximum Gasteiger partial charge on any atom is 0.206 e. The molecule has 4 nitrogen and oxygen atoms in total. The number of hydrogen-bond donors (Lipinski definition) is 2. The van der Waals surface area contributed by atoms with Gasteiger partial charge in [-0.1, -0.05) is 6.07 Å². The molecule has 5 heteroatoms. The van der Waals surface area contributed by atoms with Gasteiger partial charge in [-0.3, -0.25) is 0 Å². The van der Waals surface area contributed by atoms with Crippen molar-refractivity contribution in [1.82, 2.24) is 0 Å². The number of rotatable bonds is 2. The lowest BCUT2D eigenvalue weighted by atomic mass is 10.3. The number of allylic oxidation sites excluding steroid dienone is 3. The quantitative estimate of drug-likeness (QED) is 0.623. The van der Waals surface area contributed by atoms with E-state index in [0.717, 1.165) is 0 Å². The van der Waals surface area contributed by atoms with Gasteiger partial charge < -0.3 is 11.5 Å². The number of nitrogens with two attached hydrogens (primary N) is 2. The predicted octanol–water partition coefficient (Wildman–Crippen LogP) is 1.49. The smallest absolute Gasteiger partial charge is 0.206 e. The summed E-state index contributed by atoms with van der Waals surface area (Å²) >= 11 is 0. The van der Waals surface area contributed by atoms with Crippen molar-refractivity contribution in [1.29, 1.82) is 0 Å². The molecule has 1 aliphatic rings. The summed E-state index contributed by atoms with van der Waals surface area (Å²) in [6, 6.07) is 6.15. The molecule has 0 unspecified atom stereocenters. The summed E-state index contributed by atoms with van der Waals surface area (Å²) in [6.45, 7) is 0. The zero-order chi connectivity index (χ0) is 13.2. The molecule has 92 valence electrons. The van der Waals surface area contributed by atoms with Gasteiger partial charge in [0.1, 0.15) is 0 Å². The third-order valence-corrected chi connectivity index (χ3v) is 4.13. The average Bonchev–Trinajstić information content (AvgIpc) is 2.54. The third kappa shape index (κ3) is 2.37. The van der Waals surface area contributed by atoms with Crippen LogP contribution in [0.2, 0.25) is 0 Å². The van der Waals surface area contributed by atoms with E-state index in [1.165, 1.54) is 36.4 Å². The SMILES string of the molecule is NC1=CC(S(=O)(=O)c2cccc(N)c2)=CC=C=C1. The normalized spacial score (nSPS) is 14.9. The molecule has 0 aliphatic heterocycles. The summed E-state index contributed by atoms with van der Waals surface area (Å²) in [5, 5.41) is 0. The van der Waals surface area contributed by atoms with Crippen molar-refractivity contribution in [3.8, 4) is 0 Å². The summed E-state index contributed by atoms with van der Waals surface area (Å²) in [5.74, 6) is 0. The van der Waals surface area contributed by atoms with Gasteiger partial charge in [0.15, 0.2) is 0 Å². The van der Waals surface area contributed by atoms with E-state index in [-0.39, 0.29) is 9.80 Å². The molecule has 2 rings (SSSR count). The first-order valence-corrected chi connectivity index (χ1v) is 6.69. The minimum atomic E-state index is -3.61. The molecule has 0 heterocycles. The molecule has 0 fully saturated rings. The van der Waals surface area contributed by atoms with Crippen LogP contribution in [0.3, 0.4) is 0 Å². The highest BCUT2D eigenvalue weighted by atomic mass is 32.2. The van der Waals surface area contributed by atoms with Crippen molar-refractivity contribution in [2.45, 2.75) is 4.90 Å². The lowest BCUT2D eigenvalue weighted by Crippen LogP contribution is -2.05.